The largest absolute Gasteiger partial charge is 0.347 e. The highest BCUT2D eigenvalue weighted by Gasteiger charge is 2.04. The predicted molar refractivity (Wildman–Crippen MR) is 64.2 cm³/mol. The molecule has 0 aliphatic heterocycles. The van der Waals surface area contributed by atoms with E-state index in [0.29, 0.717) is 0 Å². The second kappa shape index (κ2) is 3.77. The van der Waals surface area contributed by atoms with E-state index in [1.807, 2.05) is 0 Å². The van der Waals surface area contributed by atoms with Crippen LogP contribution in [0.15, 0.2) is 34.9 Å². The van der Waals surface area contributed by atoms with Crippen molar-refractivity contribution in [2.24, 2.45) is 0 Å². The summed E-state index contributed by atoms with van der Waals surface area (Å²) in [5.74, 6) is 1.42. The van der Waals surface area contributed by atoms with Gasteiger partial charge in [0.15, 0.2) is 0 Å². The molecule has 14 heavy (non-hydrogen) atoms. The van der Waals surface area contributed by atoms with E-state index in [4.69, 9.17) is 0 Å². The zero-order valence-corrected chi connectivity index (χ0v) is 10.0. The molecule has 0 saturated heterocycles. The van der Waals surface area contributed by atoms with Crippen LogP contribution in [0.1, 0.15) is 13.8 Å². The van der Waals surface area contributed by atoms with Gasteiger partial charge in [0, 0.05) is 28.1 Å². The molecule has 0 N–H and O–H groups in total. The zero-order valence-electron chi connectivity index (χ0n) is 8.42. The predicted octanol–water partition coefficient (Wildman–Crippen LogP) is 4.02. The molecule has 0 aliphatic rings. The second-order valence-electron chi connectivity index (χ2n) is 3.82. The molecular formula is C12H13BrN. The van der Waals surface area contributed by atoms with Gasteiger partial charge in [0.1, 0.15) is 0 Å². The van der Waals surface area contributed by atoms with Crippen LogP contribution >= 0.6 is 15.9 Å². The van der Waals surface area contributed by atoms with Gasteiger partial charge in [-0.15, -0.1) is 0 Å². The Hall–Kier alpha value is -0.760. The molecule has 1 aromatic heterocycles. The van der Waals surface area contributed by atoms with Crippen molar-refractivity contribution in [2.75, 3.05) is 0 Å². The Kier molecular flexibility index (Phi) is 2.64. The van der Waals surface area contributed by atoms with Crippen LogP contribution in [-0.2, 0) is 6.54 Å². The highest BCUT2D eigenvalue weighted by molar-refractivity contribution is 9.10. The van der Waals surface area contributed by atoms with E-state index < -0.39 is 0 Å². The van der Waals surface area contributed by atoms with Crippen LogP contribution in [0.4, 0.5) is 0 Å². The van der Waals surface area contributed by atoms with Crippen molar-refractivity contribution >= 4 is 26.8 Å². The van der Waals surface area contributed by atoms with Crippen molar-refractivity contribution < 1.29 is 0 Å². The Morgan fingerprint density at radius 3 is 2.79 bits per heavy atom. The molecule has 1 nitrogen and oxygen atoms in total. The summed E-state index contributed by atoms with van der Waals surface area (Å²) in [6, 6.07) is 8.47. The quantitative estimate of drug-likeness (QED) is 0.759. The van der Waals surface area contributed by atoms with E-state index in [2.05, 4.69) is 64.8 Å². The molecular weight excluding hydrogens is 238 g/mol. The molecule has 2 rings (SSSR count). The van der Waals surface area contributed by atoms with Crippen LogP contribution in [0.3, 0.4) is 0 Å². The number of hydrogen-bond acceptors (Lipinski definition) is 0. The fourth-order valence-corrected chi connectivity index (χ4v) is 2.15. The summed E-state index contributed by atoms with van der Waals surface area (Å²) in [5.41, 5.74) is 1.29. The first-order valence-corrected chi connectivity index (χ1v) is 5.50. The van der Waals surface area contributed by atoms with Gasteiger partial charge >= 0.3 is 0 Å². The molecule has 0 amide bonds. The van der Waals surface area contributed by atoms with Gasteiger partial charge < -0.3 is 4.57 Å². The molecule has 0 saturated carbocycles. The van der Waals surface area contributed by atoms with Crippen molar-refractivity contribution in [3.05, 3.63) is 40.9 Å². The standard InChI is InChI=1S/C12H13BrN/c1-9(2)8-14-7-6-10-11(13)4-3-5-12(10)14/h3-7H,8H2,1-2H3. The van der Waals surface area contributed by atoms with Crippen molar-refractivity contribution in [3.8, 4) is 0 Å². The minimum absolute atomic E-state index is 1.000. The molecule has 1 radical (unpaired) electrons. The minimum Gasteiger partial charge on any atom is -0.347 e. The number of halogens is 1. The summed E-state index contributed by atoms with van der Waals surface area (Å²) in [6.45, 7) is 5.31. The normalized spacial score (nSPS) is 11.4. The van der Waals surface area contributed by atoms with Crippen molar-refractivity contribution in [2.45, 2.75) is 20.4 Å². The Morgan fingerprint density at radius 2 is 2.07 bits per heavy atom. The van der Waals surface area contributed by atoms with E-state index in [1.165, 1.54) is 21.3 Å². The van der Waals surface area contributed by atoms with Crippen molar-refractivity contribution in [1.82, 2.24) is 4.57 Å². The molecule has 0 spiro atoms. The maximum atomic E-state index is 3.56. The summed E-state index contributed by atoms with van der Waals surface area (Å²) in [6.07, 6.45) is 2.14. The van der Waals surface area contributed by atoms with Crippen LogP contribution < -0.4 is 0 Å². The second-order valence-corrected chi connectivity index (χ2v) is 4.68. The lowest BCUT2D eigenvalue weighted by molar-refractivity contribution is 0.738. The lowest BCUT2D eigenvalue weighted by Crippen LogP contribution is -2.00. The summed E-state index contributed by atoms with van der Waals surface area (Å²) in [7, 11) is 0. The van der Waals surface area contributed by atoms with Gasteiger partial charge in [-0.05, 0) is 24.1 Å². The van der Waals surface area contributed by atoms with E-state index in [1.54, 1.807) is 0 Å². The average Bonchev–Trinajstić information content (AvgIpc) is 2.49. The lowest BCUT2D eigenvalue weighted by atomic mass is 10.2. The topological polar surface area (TPSA) is 4.93 Å². The molecule has 2 aromatic rings. The minimum atomic E-state index is 1.000. The van der Waals surface area contributed by atoms with E-state index in [-0.39, 0.29) is 0 Å². The molecule has 2 heteroatoms. The van der Waals surface area contributed by atoms with Crippen molar-refractivity contribution in [1.29, 1.82) is 0 Å². The number of hydrogen-bond donors (Lipinski definition) is 0. The zero-order chi connectivity index (χ0) is 10.1. The van der Waals surface area contributed by atoms with Gasteiger partial charge in [0.05, 0.1) is 0 Å². The first-order valence-electron chi connectivity index (χ1n) is 4.71. The van der Waals surface area contributed by atoms with Gasteiger partial charge in [-0.25, -0.2) is 0 Å². The molecule has 73 valence electrons. The van der Waals surface area contributed by atoms with Crippen LogP contribution in [0.2, 0.25) is 0 Å². The van der Waals surface area contributed by atoms with E-state index in [9.17, 15) is 0 Å². The van der Waals surface area contributed by atoms with Gasteiger partial charge in [0.25, 0.3) is 0 Å². The Labute approximate surface area is 92.9 Å². The lowest BCUT2D eigenvalue weighted by Gasteiger charge is -2.07. The third-order valence-corrected chi connectivity index (χ3v) is 2.94. The first-order chi connectivity index (χ1) is 6.68. The number of aromatic nitrogens is 1. The van der Waals surface area contributed by atoms with Crippen LogP contribution in [0.25, 0.3) is 10.9 Å². The smallest absolute Gasteiger partial charge is 0.0491 e. The Balaban J connectivity index is 2.52. The maximum Gasteiger partial charge on any atom is 0.0491 e. The molecule has 0 fully saturated rings. The first kappa shape index (κ1) is 9.78. The number of nitrogens with zero attached hydrogens (tertiary/aromatic N) is 1. The Bertz CT molecular complexity index is 443. The molecule has 0 unspecified atom stereocenters. The molecule has 1 heterocycles. The molecule has 0 bridgehead atoms. The van der Waals surface area contributed by atoms with E-state index in [0.717, 1.165) is 6.54 Å². The molecule has 0 atom stereocenters. The average molecular weight is 251 g/mol. The Morgan fingerprint density at radius 1 is 1.29 bits per heavy atom. The third-order valence-electron chi connectivity index (χ3n) is 2.25. The van der Waals surface area contributed by atoms with Crippen LogP contribution in [-0.4, -0.2) is 4.57 Å². The monoisotopic (exact) mass is 250 g/mol. The fraction of sp³-hybridized carbons (Fsp3) is 0.250. The summed E-state index contributed by atoms with van der Waals surface area (Å²) in [5, 5.41) is 1.29. The van der Waals surface area contributed by atoms with E-state index >= 15 is 0 Å². The van der Waals surface area contributed by atoms with Gasteiger partial charge in [0.2, 0.25) is 0 Å². The molecule has 1 aromatic carbocycles. The highest BCUT2D eigenvalue weighted by atomic mass is 79.9. The van der Waals surface area contributed by atoms with Gasteiger partial charge in [-0.3, -0.25) is 0 Å². The van der Waals surface area contributed by atoms with Gasteiger partial charge in [-0.2, -0.15) is 0 Å². The highest BCUT2D eigenvalue weighted by Crippen LogP contribution is 2.25. The SMILES string of the molecule is C[C](C)Cn1ccc2c(Br)cccc21. The number of benzene rings is 1. The van der Waals surface area contributed by atoms with Gasteiger partial charge in [-0.1, -0.05) is 35.8 Å². The summed E-state index contributed by atoms with van der Waals surface area (Å²) in [4.78, 5) is 0. The third kappa shape index (κ3) is 1.71. The van der Waals surface area contributed by atoms with Crippen LogP contribution in [0, 0.1) is 5.92 Å². The fourth-order valence-electron chi connectivity index (χ4n) is 1.66. The van der Waals surface area contributed by atoms with Crippen molar-refractivity contribution in [3.63, 3.8) is 0 Å². The number of rotatable bonds is 2. The summed E-state index contributed by atoms with van der Waals surface area (Å²) >= 11 is 3.56. The maximum absolute atomic E-state index is 3.56. The molecule has 0 aliphatic carbocycles. The number of fused-ring (bicyclic) bond motifs is 1. The van der Waals surface area contributed by atoms with Crippen LogP contribution in [0.5, 0.6) is 0 Å². The summed E-state index contributed by atoms with van der Waals surface area (Å²) < 4.78 is 3.44.